The Kier molecular flexibility index (Phi) is 2.59. The summed E-state index contributed by atoms with van der Waals surface area (Å²) in [6, 6.07) is 8.27. The van der Waals surface area contributed by atoms with Crippen LogP contribution >= 0.6 is 0 Å². The van der Waals surface area contributed by atoms with Crippen LogP contribution in [0.2, 0.25) is 0 Å². The summed E-state index contributed by atoms with van der Waals surface area (Å²) < 4.78 is 5.06. The van der Waals surface area contributed by atoms with Crippen molar-refractivity contribution in [3.63, 3.8) is 0 Å². The van der Waals surface area contributed by atoms with Gasteiger partial charge < -0.3 is 15.0 Å². The number of rotatable bonds is 1. The topological polar surface area (TPSA) is 58.6 Å². The largest absolute Gasteiger partial charge is 0.466 e. The predicted molar refractivity (Wildman–Crippen MR) is 88.1 cm³/mol. The Balaban J connectivity index is 1.80. The van der Waals surface area contributed by atoms with Gasteiger partial charge in [0.15, 0.2) is 0 Å². The van der Waals surface area contributed by atoms with Crippen molar-refractivity contribution in [3.8, 4) is 0 Å². The van der Waals surface area contributed by atoms with Gasteiger partial charge in [0.1, 0.15) is 0 Å². The van der Waals surface area contributed by atoms with E-state index in [1.54, 1.807) is 6.08 Å². The number of anilines is 1. The van der Waals surface area contributed by atoms with Crippen LogP contribution in [0.15, 0.2) is 47.7 Å². The van der Waals surface area contributed by atoms with E-state index in [2.05, 4.69) is 11.4 Å². The van der Waals surface area contributed by atoms with E-state index in [9.17, 15) is 9.59 Å². The van der Waals surface area contributed by atoms with Gasteiger partial charge in [-0.2, -0.15) is 0 Å². The Labute approximate surface area is 140 Å². The zero-order valence-corrected chi connectivity index (χ0v) is 13.4. The Morgan fingerprint density at radius 3 is 3.04 bits per heavy atom. The first kappa shape index (κ1) is 13.8. The molecule has 1 aromatic rings. The summed E-state index contributed by atoms with van der Waals surface area (Å²) in [5.41, 5.74) is 3.59. The summed E-state index contributed by atoms with van der Waals surface area (Å²) in [6.45, 7) is 0.721. The van der Waals surface area contributed by atoms with Crippen LogP contribution in [0.25, 0.3) is 0 Å². The van der Waals surface area contributed by atoms with Gasteiger partial charge in [-0.3, -0.25) is 4.79 Å². The van der Waals surface area contributed by atoms with Gasteiger partial charge in [-0.25, -0.2) is 4.79 Å². The van der Waals surface area contributed by atoms with Gasteiger partial charge in [0.25, 0.3) is 0 Å². The quantitative estimate of drug-likeness (QED) is 0.803. The molecule has 0 aromatic heterocycles. The normalized spacial score (nSPS) is 32.2. The van der Waals surface area contributed by atoms with Crippen molar-refractivity contribution in [2.24, 2.45) is 5.92 Å². The third kappa shape index (κ3) is 1.45. The molecular weight excluding hydrogens is 304 g/mol. The van der Waals surface area contributed by atoms with Crippen molar-refractivity contribution in [3.05, 3.63) is 53.3 Å². The van der Waals surface area contributed by atoms with E-state index >= 15 is 0 Å². The molecule has 5 nitrogen and oxygen atoms in total. The number of amides is 1. The standard InChI is InChI=1S/C19H18N2O3/c1-24-18(23)12-10-11-6-7-15(22)21-9-8-19(17(11)21)13-4-2-3-5-14(13)20-16(12)19/h2-7,11,17,20H,8-10H2,1H3/t11-,17-,19-/m0/s1. The van der Waals surface area contributed by atoms with Gasteiger partial charge in [-0.1, -0.05) is 24.3 Å². The number of hydrogen-bond acceptors (Lipinski definition) is 4. The summed E-state index contributed by atoms with van der Waals surface area (Å²) in [5, 5.41) is 3.48. The molecule has 0 bridgehead atoms. The number of methoxy groups -OCH3 is 1. The Bertz CT molecular complexity index is 841. The first-order valence-corrected chi connectivity index (χ1v) is 8.34. The van der Waals surface area contributed by atoms with Gasteiger partial charge in [0.05, 0.1) is 24.1 Å². The van der Waals surface area contributed by atoms with Crippen LogP contribution in [-0.4, -0.2) is 36.5 Å². The Hall–Kier alpha value is -2.56. The monoisotopic (exact) mass is 322 g/mol. The van der Waals surface area contributed by atoms with E-state index < -0.39 is 0 Å². The Morgan fingerprint density at radius 2 is 2.21 bits per heavy atom. The van der Waals surface area contributed by atoms with Crippen LogP contribution in [0, 0.1) is 5.92 Å². The summed E-state index contributed by atoms with van der Waals surface area (Å²) in [6.07, 6.45) is 5.09. The average molecular weight is 322 g/mol. The van der Waals surface area contributed by atoms with Crippen LogP contribution < -0.4 is 5.32 Å². The lowest BCUT2D eigenvalue weighted by atomic mass is 9.63. The number of nitrogens with zero attached hydrogens (tertiary/aromatic N) is 1. The van der Waals surface area contributed by atoms with Crippen LogP contribution in [0.4, 0.5) is 5.69 Å². The minimum Gasteiger partial charge on any atom is -0.466 e. The molecule has 0 radical (unpaired) electrons. The molecule has 3 atom stereocenters. The first-order valence-electron chi connectivity index (χ1n) is 8.34. The number of carbonyl (C=O) groups excluding carboxylic acids is 2. The highest BCUT2D eigenvalue weighted by Crippen LogP contribution is 2.59. The molecule has 24 heavy (non-hydrogen) atoms. The molecule has 1 spiro atoms. The molecular formula is C19H18N2O3. The van der Waals surface area contributed by atoms with Gasteiger partial charge >= 0.3 is 5.97 Å². The SMILES string of the molecule is COC(=O)C1=C2Nc3ccccc3[C@@]23CCN2C(=O)C=C[C@@H](C1)[C@H]23. The smallest absolute Gasteiger partial charge is 0.335 e. The van der Waals surface area contributed by atoms with Crippen molar-refractivity contribution in [2.45, 2.75) is 24.3 Å². The van der Waals surface area contributed by atoms with Gasteiger partial charge in [0.2, 0.25) is 5.91 Å². The fourth-order valence-corrected chi connectivity index (χ4v) is 5.20. The van der Waals surface area contributed by atoms with E-state index in [4.69, 9.17) is 4.74 Å². The number of hydrogen-bond donors (Lipinski definition) is 1. The second-order valence-electron chi connectivity index (χ2n) is 6.94. The Morgan fingerprint density at radius 1 is 1.38 bits per heavy atom. The van der Waals surface area contributed by atoms with E-state index in [-0.39, 0.29) is 29.3 Å². The molecule has 5 rings (SSSR count). The molecule has 1 fully saturated rings. The zero-order chi connectivity index (χ0) is 16.5. The number of ether oxygens (including phenoxy) is 1. The second kappa shape index (κ2) is 4.50. The van der Waals surface area contributed by atoms with Crippen molar-refractivity contribution in [1.29, 1.82) is 0 Å². The number of para-hydroxylation sites is 1. The summed E-state index contributed by atoms with van der Waals surface area (Å²) in [5.74, 6) is -0.0405. The number of nitrogens with one attached hydrogen (secondary N) is 1. The lowest BCUT2D eigenvalue weighted by Crippen LogP contribution is -2.54. The fraction of sp³-hybridized carbons (Fsp3) is 0.368. The van der Waals surface area contributed by atoms with E-state index in [0.717, 1.165) is 29.9 Å². The molecule has 0 unspecified atom stereocenters. The molecule has 5 heteroatoms. The number of benzene rings is 1. The third-order valence-corrected chi connectivity index (χ3v) is 6.05. The van der Waals surface area contributed by atoms with Gasteiger partial charge in [0, 0.05) is 23.8 Å². The van der Waals surface area contributed by atoms with Crippen LogP contribution in [0.5, 0.6) is 0 Å². The highest BCUT2D eigenvalue weighted by atomic mass is 16.5. The zero-order valence-electron chi connectivity index (χ0n) is 13.4. The molecule has 1 aromatic carbocycles. The highest BCUT2D eigenvalue weighted by Gasteiger charge is 2.62. The van der Waals surface area contributed by atoms with E-state index in [1.807, 2.05) is 29.2 Å². The molecule has 1 saturated heterocycles. The average Bonchev–Trinajstić information content (AvgIpc) is 3.17. The maximum atomic E-state index is 12.4. The predicted octanol–water partition coefficient (Wildman–Crippen LogP) is 1.97. The van der Waals surface area contributed by atoms with Crippen molar-refractivity contribution in [2.75, 3.05) is 19.0 Å². The number of fused-ring (bicyclic) bond motifs is 1. The van der Waals surface area contributed by atoms with Crippen LogP contribution in [-0.2, 0) is 19.7 Å². The molecule has 122 valence electrons. The van der Waals surface area contributed by atoms with Gasteiger partial charge in [-0.15, -0.1) is 0 Å². The second-order valence-corrected chi connectivity index (χ2v) is 6.94. The highest BCUT2D eigenvalue weighted by molar-refractivity contribution is 5.95. The van der Waals surface area contributed by atoms with E-state index in [0.29, 0.717) is 6.42 Å². The third-order valence-electron chi connectivity index (χ3n) is 6.05. The molecule has 4 aliphatic rings. The van der Waals surface area contributed by atoms with Crippen LogP contribution in [0.1, 0.15) is 18.4 Å². The minimum absolute atomic E-state index is 0.0783. The van der Waals surface area contributed by atoms with E-state index in [1.165, 1.54) is 12.7 Å². The number of esters is 1. The maximum Gasteiger partial charge on any atom is 0.335 e. The van der Waals surface area contributed by atoms with Gasteiger partial charge in [-0.05, 0) is 30.5 Å². The summed E-state index contributed by atoms with van der Waals surface area (Å²) >= 11 is 0. The molecule has 1 aliphatic carbocycles. The minimum atomic E-state index is -0.316. The molecule has 3 heterocycles. The fourth-order valence-electron chi connectivity index (χ4n) is 5.20. The van der Waals surface area contributed by atoms with Crippen molar-refractivity contribution in [1.82, 2.24) is 4.90 Å². The number of carbonyl (C=O) groups is 2. The van der Waals surface area contributed by atoms with Crippen molar-refractivity contribution >= 4 is 17.6 Å². The summed E-state index contributed by atoms with van der Waals surface area (Å²) in [7, 11) is 1.43. The summed E-state index contributed by atoms with van der Waals surface area (Å²) in [4.78, 5) is 26.8. The molecule has 1 amide bonds. The maximum absolute atomic E-state index is 12.4. The van der Waals surface area contributed by atoms with Crippen molar-refractivity contribution < 1.29 is 14.3 Å². The van der Waals surface area contributed by atoms with Crippen LogP contribution in [0.3, 0.4) is 0 Å². The molecule has 0 saturated carbocycles. The lowest BCUT2D eigenvalue weighted by Gasteiger charge is -2.45. The molecule has 3 aliphatic heterocycles. The molecule has 1 N–H and O–H groups in total. The lowest BCUT2D eigenvalue weighted by molar-refractivity contribution is -0.136. The first-order chi connectivity index (χ1) is 11.7.